The van der Waals surface area contributed by atoms with Crippen molar-refractivity contribution in [2.45, 2.75) is 20.3 Å². The molecule has 150 valence electrons. The predicted octanol–water partition coefficient (Wildman–Crippen LogP) is 2.94. The van der Waals surface area contributed by atoms with Crippen molar-refractivity contribution in [2.24, 2.45) is 0 Å². The molecule has 1 aliphatic rings. The first-order valence-corrected chi connectivity index (χ1v) is 9.52. The van der Waals surface area contributed by atoms with E-state index in [0.29, 0.717) is 50.2 Å². The first-order valence-electron chi connectivity index (χ1n) is 9.52. The number of nitrogens with zero attached hydrogens (tertiary/aromatic N) is 4. The minimum Gasteiger partial charge on any atom is -0.497 e. The Balaban J connectivity index is 1.58. The van der Waals surface area contributed by atoms with Gasteiger partial charge in [0.2, 0.25) is 5.88 Å². The second-order valence-corrected chi connectivity index (χ2v) is 6.60. The van der Waals surface area contributed by atoms with Crippen LogP contribution in [-0.2, 0) is 0 Å². The van der Waals surface area contributed by atoms with E-state index >= 15 is 0 Å². The fraction of sp³-hybridized carbons (Fsp3) is 0.450. The van der Waals surface area contributed by atoms with Crippen molar-refractivity contribution in [3.63, 3.8) is 0 Å². The first-order chi connectivity index (χ1) is 13.6. The number of nitrogens with one attached hydrogen (secondary N) is 1. The van der Waals surface area contributed by atoms with Gasteiger partial charge in [-0.05, 0) is 25.5 Å². The van der Waals surface area contributed by atoms with Gasteiger partial charge >= 0.3 is 6.03 Å². The summed E-state index contributed by atoms with van der Waals surface area (Å²) in [5.74, 6) is 2.83. The maximum absolute atomic E-state index is 12.5. The highest BCUT2D eigenvalue weighted by Crippen LogP contribution is 2.20. The second kappa shape index (κ2) is 9.25. The van der Waals surface area contributed by atoms with Crippen LogP contribution in [0.5, 0.6) is 11.6 Å². The normalized spacial score (nSPS) is 14.0. The van der Waals surface area contributed by atoms with Crippen LogP contribution in [0.2, 0.25) is 0 Å². The lowest BCUT2D eigenvalue weighted by atomic mass is 10.3. The van der Waals surface area contributed by atoms with Crippen molar-refractivity contribution in [1.82, 2.24) is 14.9 Å². The van der Waals surface area contributed by atoms with Gasteiger partial charge in [-0.3, -0.25) is 0 Å². The number of carbonyl (C=O) groups excluding carboxylic acids is 1. The average Bonchev–Trinajstić information content (AvgIpc) is 2.72. The summed E-state index contributed by atoms with van der Waals surface area (Å²) >= 11 is 0. The number of amides is 2. The summed E-state index contributed by atoms with van der Waals surface area (Å²) in [5.41, 5.74) is 0.718. The lowest BCUT2D eigenvalue weighted by Crippen LogP contribution is -2.50. The van der Waals surface area contributed by atoms with Gasteiger partial charge in [0, 0.05) is 44.0 Å². The van der Waals surface area contributed by atoms with Crippen LogP contribution >= 0.6 is 0 Å². The van der Waals surface area contributed by atoms with Crippen LogP contribution < -0.4 is 19.7 Å². The number of hydrogen-bond donors (Lipinski definition) is 1. The van der Waals surface area contributed by atoms with Crippen LogP contribution in [-0.4, -0.2) is 60.8 Å². The monoisotopic (exact) mass is 385 g/mol. The summed E-state index contributed by atoms with van der Waals surface area (Å²) < 4.78 is 10.8. The van der Waals surface area contributed by atoms with Crippen LogP contribution in [0.1, 0.15) is 19.2 Å². The molecule has 1 aromatic carbocycles. The molecule has 2 heterocycles. The molecule has 1 aromatic heterocycles. The number of anilines is 2. The molecule has 8 heteroatoms. The molecule has 0 bridgehead atoms. The van der Waals surface area contributed by atoms with Gasteiger partial charge in [-0.25, -0.2) is 9.78 Å². The molecule has 2 aromatic rings. The third kappa shape index (κ3) is 5.03. The number of methoxy groups -OCH3 is 1. The van der Waals surface area contributed by atoms with Crippen LogP contribution in [0.25, 0.3) is 0 Å². The summed E-state index contributed by atoms with van der Waals surface area (Å²) in [6, 6.07) is 9.10. The molecule has 1 N–H and O–H groups in total. The Hall–Kier alpha value is -3.03. The standard InChI is InChI=1S/C20H27N5O3/c1-4-12-28-19-14-18(21-15(2)22-19)24-8-10-25(11-9-24)20(26)23-16-6-5-7-17(13-16)27-3/h5-7,13-14H,4,8-12H2,1-3H3,(H,23,26). The van der Waals surface area contributed by atoms with Crippen LogP contribution in [0.3, 0.4) is 0 Å². The molecule has 0 radical (unpaired) electrons. The zero-order chi connectivity index (χ0) is 19.9. The number of aryl methyl sites for hydroxylation is 1. The van der Waals surface area contributed by atoms with Crippen molar-refractivity contribution < 1.29 is 14.3 Å². The molecule has 28 heavy (non-hydrogen) atoms. The van der Waals surface area contributed by atoms with E-state index in [1.165, 1.54) is 0 Å². The number of aromatic nitrogens is 2. The number of piperazine rings is 1. The third-order valence-electron chi connectivity index (χ3n) is 4.47. The van der Waals surface area contributed by atoms with E-state index < -0.39 is 0 Å². The molecule has 3 rings (SSSR count). The lowest BCUT2D eigenvalue weighted by molar-refractivity contribution is 0.208. The van der Waals surface area contributed by atoms with E-state index in [-0.39, 0.29) is 6.03 Å². The Labute approximate surface area is 165 Å². The lowest BCUT2D eigenvalue weighted by Gasteiger charge is -2.35. The molecule has 1 saturated heterocycles. The van der Waals surface area contributed by atoms with Crippen molar-refractivity contribution in [2.75, 3.05) is 50.1 Å². The van der Waals surface area contributed by atoms with E-state index in [9.17, 15) is 4.79 Å². The molecule has 0 aliphatic carbocycles. The van der Waals surface area contributed by atoms with Gasteiger partial charge in [-0.2, -0.15) is 4.98 Å². The van der Waals surface area contributed by atoms with Crippen LogP contribution in [0, 0.1) is 6.92 Å². The quantitative estimate of drug-likeness (QED) is 0.824. The maximum atomic E-state index is 12.5. The van der Waals surface area contributed by atoms with Gasteiger partial charge in [0.05, 0.1) is 13.7 Å². The average molecular weight is 385 g/mol. The van der Waals surface area contributed by atoms with E-state index in [4.69, 9.17) is 9.47 Å². The fourth-order valence-corrected chi connectivity index (χ4v) is 3.01. The SMILES string of the molecule is CCCOc1cc(N2CCN(C(=O)Nc3cccc(OC)c3)CC2)nc(C)n1. The summed E-state index contributed by atoms with van der Waals surface area (Å²) in [7, 11) is 1.60. The molecule has 0 atom stereocenters. The molecule has 8 nitrogen and oxygen atoms in total. The molecule has 1 aliphatic heterocycles. The van der Waals surface area contributed by atoms with Gasteiger partial charge in [0.25, 0.3) is 0 Å². The second-order valence-electron chi connectivity index (χ2n) is 6.60. The Morgan fingerprint density at radius 1 is 1.18 bits per heavy atom. The van der Waals surface area contributed by atoms with Crippen LogP contribution in [0.4, 0.5) is 16.3 Å². The van der Waals surface area contributed by atoms with Gasteiger partial charge in [-0.1, -0.05) is 13.0 Å². The van der Waals surface area contributed by atoms with E-state index in [2.05, 4.69) is 27.1 Å². The van der Waals surface area contributed by atoms with Crippen molar-refractivity contribution >= 4 is 17.5 Å². The summed E-state index contributed by atoms with van der Waals surface area (Å²) in [5, 5.41) is 2.93. The van der Waals surface area contributed by atoms with Crippen molar-refractivity contribution in [3.05, 3.63) is 36.2 Å². The van der Waals surface area contributed by atoms with Gasteiger partial charge in [0.1, 0.15) is 17.4 Å². The number of hydrogen-bond acceptors (Lipinski definition) is 6. The molecule has 0 spiro atoms. The molecular formula is C20H27N5O3. The van der Waals surface area contributed by atoms with E-state index in [1.54, 1.807) is 18.1 Å². The zero-order valence-corrected chi connectivity index (χ0v) is 16.6. The Morgan fingerprint density at radius 3 is 2.68 bits per heavy atom. The predicted molar refractivity (Wildman–Crippen MR) is 108 cm³/mol. The largest absolute Gasteiger partial charge is 0.497 e. The van der Waals surface area contributed by atoms with Crippen LogP contribution in [0.15, 0.2) is 30.3 Å². The first kappa shape index (κ1) is 19.7. The number of ether oxygens (including phenoxy) is 2. The molecule has 0 unspecified atom stereocenters. The number of benzene rings is 1. The molecule has 1 fully saturated rings. The Morgan fingerprint density at radius 2 is 1.96 bits per heavy atom. The third-order valence-corrected chi connectivity index (χ3v) is 4.47. The highest BCUT2D eigenvalue weighted by Gasteiger charge is 2.23. The number of rotatable bonds is 6. The molecular weight excluding hydrogens is 358 g/mol. The summed E-state index contributed by atoms with van der Waals surface area (Å²) in [6.07, 6.45) is 0.930. The number of carbonyl (C=O) groups is 1. The maximum Gasteiger partial charge on any atom is 0.321 e. The summed E-state index contributed by atoms with van der Waals surface area (Å²) in [6.45, 7) is 7.19. The minimum absolute atomic E-state index is 0.112. The summed E-state index contributed by atoms with van der Waals surface area (Å²) in [4.78, 5) is 25.4. The minimum atomic E-state index is -0.112. The van der Waals surface area contributed by atoms with Gasteiger partial charge in [0.15, 0.2) is 0 Å². The Kier molecular flexibility index (Phi) is 6.52. The van der Waals surface area contributed by atoms with Crippen molar-refractivity contribution in [3.8, 4) is 11.6 Å². The van der Waals surface area contributed by atoms with E-state index in [1.807, 2.05) is 31.2 Å². The Bertz CT molecular complexity index is 806. The van der Waals surface area contributed by atoms with Gasteiger partial charge < -0.3 is 24.6 Å². The highest BCUT2D eigenvalue weighted by molar-refractivity contribution is 5.89. The topological polar surface area (TPSA) is 79.8 Å². The van der Waals surface area contributed by atoms with E-state index in [0.717, 1.165) is 17.9 Å². The highest BCUT2D eigenvalue weighted by atomic mass is 16.5. The van der Waals surface area contributed by atoms with Crippen molar-refractivity contribution in [1.29, 1.82) is 0 Å². The molecule has 0 saturated carbocycles. The number of urea groups is 1. The van der Waals surface area contributed by atoms with Gasteiger partial charge in [-0.15, -0.1) is 0 Å². The molecule has 2 amide bonds. The zero-order valence-electron chi connectivity index (χ0n) is 16.6. The smallest absolute Gasteiger partial charge is 0.321 e. The fourth-order valence-electron chi connectivity index (χ4n) is 3.01.